The lowest BCUT2D eigenvalue weighted by Gasteiger charge is -2.05. The topological polar surface area (TPSA) is 108 Å². The molecule has 18 heavy (non-hydrogen) atoms. The van der Waals surface area contributed by atoms with Crippen molar-refractivity contribution in [1.82, 2.24) is 15.6 Å². The molecule has 96 valence electrons. The molecular formula is C11H13N3O4. The van der Waals surface area contributed by atoms with E-state index in [9.17, 15) is 14.4 Å². The van der Waals surface area contributed by atoms with Gasteiger partial charge in [-0.05, 0) is 12.1 Å². The molecule has 0 fully saturated rings. The Kier molecular flexibility index (Phi) is 5.30. The van der Waals surface area contributed by atoms with E-state index in [1.165, 1.54) is 0 Å². The second-order valence-electron chi connectivity index (χ2n) is 3.45. The quantitative estimate of drug-likeness (QED) is 0.696. The highest BCUT2D eigenvalue weighted by Crippen LogP contribution is 1.92. The molecule has 0 aromatic carbocycles. The molecular weight excluding hydrogens is 238 g/mol. The molecule has 1 aromatic rings. The van der Waals surface area contributed by atoms with Gasteiger partial charge < -0.3 is 10.4 Å². The van der Waals surface area contributed by atoms with Crippen molar-refractivity contribution in [3.05, 3.63) is 30.1 Å². The second kappa shape index (κ2) is 7.00. The number of nitrogens with one attached hydrogen (secondary N) is 2. The zero-order valence-electron chi connectivity index (χ0n) is 9.55. The summed E-state index contributed by atoms with van der Waals surface area (Å²) in [4.78, 5) is 36.6. The van der Waals surface area contributed by atoms with Crippen molar-refractivity contribution in [1.29, 1.82) is 0 Å². The first kappa shape index (κ1) is 13.6. The van der Waals surface area contributed by atoms with E-state index in [4.69, 9.17) is 5.11 Å². The van der Waals surface area contributed by atoms with E-state index in [0.29, 0.717) is 5.69 Å². The molecule has 3 N–H and O–H groups in total. The van der Waals surface area contributed by atoms with E-state index in [1.54, 1.807) is 24.4 Å². The number of aromatic nitrogens is 1. The Morgan fingerprint density at radius 3 is 2.61 bits per heavy atom. The van der Waals surface area contributed by atoms with Crippen LogP contribution in [0.2, 0.25) is 0 Å². The van der Waals surface area contributed by atoms with Gasteiger partial charge in [0.1, 0.15) is 0 Å². The summed E-state index contributed by atoms with van der Waals surface area (Å²) >= 11 is 0. The molecule has 0 aliphatic heterocycles. The van der Waals surface area contributed by atoms with E-state index in [0.717, 1.165) is 0 Å². The van der Waals surface area contributed by atoms with Gasteiger partial charge in [-0.15, -0.1) is 0 Å². The zero-order chi connectivity index (χ0) is 13.4. The van der Waals surface area contributed by atoms with Gasteiger partial charge in [0.15, 0.2) is 0 Å². The van der Waals surface area contributed by atoms with Crippen LogP contribution in [-0.2, 0) is 16.1 Å². The summed E-state index contributed by atoms with van der Waals surface area (Å²) < 4.78 is 0. The zero-order valence-corrected chi connectivity index (χ0v) is 9.55. The Bertz CT molecular complexity index is 433. The van der Waals surface area contributed by atoms with Gasteiger partial charge in [-0.2, -0.15) is 0 Å². The molecule has 0 saturated heterocycles. The molecule has 0 atom stereocenters. The molecule has 0 aliphatic rings. The molecule has 7 nitrogen and oxygen atoms in total. The second-order valence-corrected chi connectivity index (χ2v) is 3.45. The third-order valence-electron chi connectivity index (χ3n) is 1.98. The van der Waals surface area contributed by atoms with Crippen LogP contribution < -0.4 is 10.6 Å². The molecule has 7 heteroatoms. The average molecular weight is 251 g/mol. The molecule has 0 bridgehead atoms. The first-order chi connectivity index (χ1) is 8.58. The number of aliphatic carboxylic acids is 1. The van der Waals surface area contributed by atoms with Crippen LogP contribution in [0.4, 0.5) is 4.79 Å². The van der Waals surface area contributed by atoms with Crippen LogP contribution in [0.25, 0.3) is 0 Å². The highest BCUT2D eigenvalue weighted by Gasteiger charge is 2.09. The summed E-state index contributed by atoms with van der Waals surface area (Å²) in [6, 6.07) is 4.59. The predicted molar refractivity (Wildman–Crippen MR) is 61.5 cm³/mol. The number of urea groups is 1. The fourth-order valence-electron chi connectivity index (χ4n) is 1.13. The number of amides is 3. The third kappa shape index (κ3) is 5.59. The first-order valence-electron chi connectivity index (χ1n) is 5.27. The van der Waals surface area contributed by atoms with Crippen molar-refractivity contribution >= 4 is 17.9 Å². The minimum atomic E-state index is -1.08. The number of carbonyl (C=O) groups excluding carboxylic acids is 2. The van der Waals surface area contributed by atoms with Crippen LogP contribution >= 0.6 is 0 Å². The fourth-order valence-corrected chi connectivity index (χ4v) is 1.13. The highest BCUT2D eigenvalue weighted by atomic mass is 16.4. The van der Waals surface area contributed by atoms with E-state index < -0.39 is 17.9 Å². The largest absolute Gasteiger partial charge is 0.481 e. The van der Waals surface area contributed by atoms with Crippen LogP contribution in [0.15, 0.2) is 24.4 Å². The maximum absolute atomic E-state index is 11.3. The van der Waals surface area contributed by atoms with Crippen LogP contribution in [0, 0.1) is 0 Å². The summed E-state index contributed by atoms with van der Waals surface area (Å²) in [5.41, 5.74) is 0.658. The minimum absolute atomic E-state index is 0.193. The number of carboxylic acids is 1. The van der Waals surface area contributed by atoms with Gasteiger partial charge in [0.25, 0.3) is 0 Å². The number of hydrogen-bond acceptors (Lipinski definition) is 4. The highest BCUT2D eigenvalue weighted by molar-refractivity contribution is 5.95. The number of rotatable bonds is 5. The molecule has 0 unspecified atom stereocenters. The van der Waals surface area contributed by atoms with Gasteiger partial charge in [0.05, 0.1) is 18.7 Å². The van der Waals surface area contributed by atoms with E-state index in [2.05, 4.69) is 10.3 Å². The molecule has 1 aromatic heterocycles. The van der Waals surface area contributed by atoms with Gasteiger partial charge in [-0.1, -0.05) is 6.07 Å². The normalized spacial score (nSPS) is 9.56. The lowest BCUT2D eigenvalue weighted by molar-refractivity contribution is -0.138. The molecule has 0 saturated carbocycles. The summed E-state index contributed by atoms with van der Waals surface area (Å²) in [5, 5.41) is 12.8. The van der Waals surface area contributed by atoms with E-state index in [-0.39, 0.29) is 19.4 Å². The Labute approximate surface area is 103 Å². The first-order valence-corrected chi connectivity index (χ1v) is 5.27. The standard InChI is InChI=1S/C11H13N3O4/c15-9(4-5-10(16)17)14-11(18)13-7-8-3-1-2-6-12-8/h1-3,6H,4-5,7H2,(H,16,17)(H2,13,14,15,18). The van der Waals surface area contributed by atoms with Gasteiger partial charge in [0.2, 0.25) is 5.91 Å². The number of hydrogen-bond donors (Lipinski definition) is 3. The molecule has 1 rings (SSSR count). The Morgan fingerprint density at radius 2 is 2.00 bits per heavy atom. The number of nitrogens with zero attached hydrogens (tertiary/aromatic N) is 1. The Balaban J connectivity index is 2.25. The van der Waals surface area contributed by atoms with Crippen molar-refractivity contribution in [2.75, 3.05) is 0 Å². The molecule has 1 heterocycles. The lowest BCUT2D eigenvalue weighted by Crippen LogP contribution is -2.39. The Hall–Kier alpha value is -2.44. The SMILES string of the molecule is O=C(O)CCC(=O)NC(=O)NCc1ccccn1. The fraction of sp³-hybridized carbons (Fsp3) is 0.273. The van der Waals surface area contributed by atoms with Crippen LogP contribution in [0.1, 0.15) is 18.5 Å². The number of carboxylic acid groups (broad SMARTS) is 1. The van der Waals surface area contributed by atoms with Gasteiger partial charge in [0, 0.05) is 12.6 Å². The van der Waals surface area contributed by atoms with Crippen LogP contribution in [0.3, 0.4) is 0 Å². The van der Waals surface area contributed by atoms with Gasteiger partial charge >= 0.3 is 12.0 Å². The maximum atomic E-state index is 11.3. The van der Waals surface area contributed by atoms with Gasteiger partial charge in [-0.25, -0.2) is 4.79 Å². The van der Waals surface area contributed by atoms with Crippen LogP contribution in [-0.4, -0.2) is 28.0 Å². The van der Waals surface area contributed by atoms with E-state index >= 15 is 0 Å². The molecule has 0 aliphatic carbocycles. The summed E-state index contributed by atoms with van der Waals surface area (Å²) in [5.74, 6) is -1.71. The monoisotopic (exact) mass is 251 g/mol. The molecule has 3 amide bonds. The van der Waals surface area contributed by atoms with E-state index in [1.807, 2.05) is 5.32 Å². The lowest BCUT2D eigenvalue weighted by atomic mass is 10.3. The predicted octanol–water partition coefficient (Wildman–Crippen LogP) is 0.272. The summed E-state index contributed by atoms with van der Waals surface area (Å²) in [6.45, 7) is 0.193. The number of pyridine rings is 1. The van der Waals surface area contributed by atoms with Crippen molar-refractivity contribution in [2.24, 2.45) is 0 Å². The van der Waals surface area contributed by atoms with Crippen molar-refractivity contribution in [3.8, 4) is 0 Å². The van der Waals surface area contributed by atoms with Crippen LogP contribution in [0.5, 0.6) is 0 Å². The third-order valence-corrected chi connectivity index (χ3v) is 1.98. The smallest absolute Gasteiger partial charge is 0.321 e. The Morgan fingerprint density at radius 1 is 1.22 bits per heavy atom. The number of imide groups is 1. The maximum Gasteiger partial charge on any atom is 0.321 e. The summed E-state index contributed by atoms with van der Waals surface area (Å²) in [7, 11) is 0. The molecule has 0 radical (unpaired) electrons. The van der Waals surface area contributed by atoms with Crippen molar-refractivity contribution in [3.63, 3.8) is 0 Å². The minimum Gasteiger partial charge on any atom is -0.481 e. The van der Waals surface area contributed by atoms with Crippen molar-refractivity contribution < 1.29 is 19.5 Å². The summed E-state index contributed by atoms with van der Waals surface area (Å²) in [6.07, 6.45) is 1.05. The molecule has 0 spiro atoms. The number of carbonyl (C=O) groups is 3. The van der Waals surface area contributed by atoms with Gasteiger partial charge in [-0.3, -0.25) is 19.9 Å². The average Bonchev–Trinajstić information content (AvgIpc) is 2.35. The van der Waals surface area contributed by atoms with Crippen molar-refractivity contribution in [2.45, 2.75) is 19.4 Å².